The Bertz CT molecular complexity index is 861. The third kappa shape index (κ3) is 2.36. The molecule has 0 spiro atoms. The van der Waals surface area contributed by atoms with Gasteiger partial charge in [-0.1, -0.05) is 6.07 Å². The zero-order chi connectivity index (χ0) is 16.6. The number of carbonyl (C=O) groups excluding carboxylic acids is 2. The molecule has 1 N–H and O–H groups in total. The Labute approximate surface area is 131 Å². The van der Waals surface area contributed by atoms with Gasteiger partial charge in [-0.05, 0) is 19.1 Å². The van der Waals surface area contributed by atoms with E-state index in [2.05, 4.69) is 15.3 Å². The molecule has 0 amide bonds. The summed E-state index contributed by atoms with van der Waals surface area (Å²) in [6.45, 7) is 1.56. The molecule has 1 aromatic heterocycles. The van der Waals surface area contributed by atoms with Gasteiger partial charge in [0.1, 0.15) is 22.9 Å². The van der Waals surface area contributed by atoms with Crippen LogP contribution in [-0.2, 0) is 4.74 Å². The van der Waals surface area contributed by atoms with Crippen molar-refractivity contribution in [2.75, 3.05) is 12.4 Å². The van der Waals surface area contributed by atoms with Crippen LogP contribution >= 0.6 is 0 Å². The van der Waals surface area contributed by atoms with Crippen molar-refractivity contribution in [3.63, 3.8) is 0 Å². The number of ketones is 2. The number of nitrogens with one attached hydrogen (secondary N) is 1. The summed E-state index contributed by atoms with van der Waals surface area (Å²) in [7, 11) is 1.28. The number of methoxy groups -OCH3 is 1. The summed E-state index contributed by atoms with van der Waals surface area (Å²) < 4.78 is 18.7. The minimum Gasteiger partial charge on any atom is -0.491 e. The molecule has 3 rings (SSSR count). The molecule has 0 bridgehead atoms. The number of carbonyl (C=O) groups is 2. The van der Waals surface area contributed by atoms with E-state index < -0.39 is 17.4 Å². The number of anilines is 1. The van der Waals surface area contributed by atoms with Crippen LogP contribution in [0, 0.1) is 12.7 Å². The molecule has 0 radical (unpaired) electrons. The van der Waals surface area contributed by atoms with Crippen LogP contribution in [0.3, 0.4) is 0 Å². The smallest absolute Gasteiger partial charge is 0.250 e. The van der Waals surface area contributed by atoms with Gasteiger partial charge in [0, 0.05) is 23.6 Å². The number of rotatable bonds is 3. The summed E-state index contributed by atoms with van der Waals surface area (Å²) >= 11 is 0. The van der Waals surface area contributed by atoms with E-state index in [1.54, 1.807) is 13.0 Å². The molecule has 0 fully saturated rings. The van der Waals surface area contributed by atoms with Crippen molar-refractivity contribution in [1.82, 2.24) is 9.97 Å². The Kier molecular flexibility index (Phi) is 3.61. The molecule has 1 aromatic carbocycles. The normalized spacial score (nSPS) is 13.9. The minimum atomic E-state index is -0.549. The Morgan fingerprint density at radius 1 is 1.09 bits per heavy atom. The number of halogens is 1. The topological polar surface area (TPSA) is 81.2 Å². The van der Waals surface area contributed by atoms with Crippen molar-refractivity contribution in [3.8, 4) is 0 Å². The van der Waals surface area contributed by atoms with Gasteiger partial charge in [-0.25, -0.2) is 14.4 Å². The first kappa shape index (κ1) is 14.8. The number of nitrogens with zero attached hydrogens (tertiary/aromatic N) is 2. The van der Waals surface area contributed by atoms with E-state index >= 15 is 0 Å². The highest BCUT2D eigenvalue weighted by atomic mass is 19.1. The van der Waals surface area contributed by atoms with Gasteiger partial charge >= 0.3 is 0 Å². The zero-order valence-electron chi connectivity index (χ0n) is 12.4. The highest BCUT2D eigenvalue weighted by Crippen LogP contribution is 2.27. The molecule has 0 aliphatic heterocycles. The third-order valence-electron chi connectivity index (χ3n) is 3.52. The van der Waals surface area contributed by atoms with E-state index in [1.807, 2.05) is 0 Å². The van der Waals surface area contributed by atoms with E-state index in [4.69, 9.17) is 4.74 Å². The standard InChI is InChI=1S/C16H12FN3O3/c1-8-9(17)4-3-5-10(8)20-13-14(21)11-12(19-7-6-18-11)15(22)16(13)23-2/h3-7,20H,1-2H3. The largest absolute Gasteiger partial charge is 0.491 e. The minimum absolute atomic E-state index is 0.0594. The number of hydrogen-bond acceptors (Lipinski definition) is 6. The van der Waals surface area contributed by atoms with E-state index in [9.17, 15) is 14.0 Å². The van der Waals surface area contributed by atoms with Gasteiger partial charge in [-0.3, -0.25) is 9.59 Å². The van der Waals surface area contributed by atoms with Gasteiger partial charge in [-0.2, -0.15) is 0 Å². The highest BCUT2D eigenvalue weighted by Gasteiger charge is 2.36. The molecule has 2 aromatic rings. The van der Waals surface area contributed by atoms with Crippen molar-refractivity contribution < 1.29 is 18.7 Å². The second kappa shape index (κ2) is 5.60. The molecule has 7 heteroatoms. The first-order valence-corrected chi connectivity index (χ1v) is 6.75. The molecule has 1 aliphatic rings. The maximum absolute atomic E-state index is 13.7. The van der Waals surface area contributed by atoms with Crippen LogP contribution in [0.25, 0.3) is 0 Å². The summed E-state index contributed by atoms with van der Waals surface area (Å²) in [5.41, 5.74) is 0.480. The molecule has 1 heterocycles. The summed E-state index contributed by atoms with van der Waals surface area (Å²) in [6.07, 6.45) is 2.65. The van der Waals surface area contributed by atoms with Crippen molar-refractivity contribution in [3.05, 3.63) is 64.8 Å². The quantitative estimate of drug-likeness (QED) is 0.936. The number of allylic oxidation sites excluding steroid dienone is 2. The molecule has 116 valence electrons. The number of fused-ring (bicyclic) bond motifs is 1. The van der Waals surface area contributed by atoms with Gasteiger partial charge < -0.3 is 10.1 Å². The number of benzene rings is 1. The second-order valence-electron chi connectivity index (χ2n) is 4.86. The molecule has 0 atom stereocenters. The van der Waals surface area contributed by atoms with Gasteiger partial charge in [0.2, 0.25) is 5.78 Å². The first-order chi connectivity index (χ1) is 11.0. The third-order valence-corrected chi connectivity index (χ3v) is 3.52. The molecular formula is C16H12FN3O3. The van der Waals surface area contributed by atoms with E-state index in [0.717, 1.165) is 0 Å². The Morgan fingerprint density at radius 2 is 1.74 bits per heavy atom. The lowest BCUT2D eigenvalue weighted by Crippen LogP contribution is -2.29. The predicted octanol–water partition coefficient (Wildman–Crippen LogP) is 2.27. The fraction of sp³-hybridized carbons (Fsp3) is 0.125. The summed E-state index contributed by atoms with van der Waals surface area (Å²) in [5.74, 6) is -1.68. The molecule has 23 heavy (non-hydrogen) atoms. The van der Waals surface area contributed by atoms with Crippen LogP contribution in [0.5, 0.6) is 0 Å². The SMILES string of the molecule is COC1=C(Nc2cccc(F)c2C)C(=O)c2nccnc2C1=O. The average molecular weight is 313 g/mol. The zero-order valence-corrected chi connectivity index (χ0v) is 12.4. The lowest BCUT2D eigenvalue weighted by atomic mass is 9.99. The Hall–Kier alpha value is -3.09. The molecule has 6 nitrogen and oxygen atoms in total. The number of ether oxygens (including phenoxy) is 1. The molecule has 0 saturated carbocycles. The van der Waals surface area contributed by atoms with Gasteiger partial charge in [0.25, 0.3) is 5.78 Å². The maximum Gasteiger partial charge on any atom is 0.250 e. The average Bonchev–Trinajstić information content (AvgIpc) is 2.56. The van der Waals surface area contributed by atoms with Crippen LogP contribution in [0.2, 0.25) is 0 Å². The number of Topliss-reactive ketones (excluding diaryl/α,β-unsaturated/α-hetero) is 2. The van der Waals surface area contributed by atoms with Crippen LogP contribution in [-0.4, -0.2) is 28.6 Å². The number of aromatic nitrogens is 2. The van der Waals surface area contributed by atoms with Crippen LogP contribution < -0.4 is 5.32 Å². The van der Waals surface area contributed by atoms with E-state index in [1.165, 1.54) is 31.6 Å². The fourth-order valence-electron chi connectivity index (χ4n) is 2.30. The highest BCUT2D eigenvalue weighted by molar-refractivity contribution is 6.25. The molecule has 0 saturated heterocycles. The first-order valence-electron chi connectivity index (χ1n) is 6.75. The summed E-state index contributed by atoms with van der Waals surface area (Å²) in [4.78, 5) is 32.8. The van der Waals surface area contributed by atoms with Crippen LogP contribution in [0.4, 0.5) is 10.1 Å². The van der Waals surface area contributed by atoms with Crippen LogP contribution in [0.1, 0.15) is 26.5 Å². The van der Waals surface area contributed by atoms with Crippen LogP contribution in [0.15, 0.2) is 42.0 Å². The Balaban J connectivity index is 2.11. The number of hydrogen-bond donors (Lipinski definition) is 1. The second-order valence-corrected chi connectivity index (χ2v) is 4.86. The van der Waals surface area contributed by atoms with Gasteiger partial charge in [0.05, 0.1) is 7.11 Å². The predicted molar refractivity (Wildman–Crippen MR) is 79.5 cm³/mol. The monoisotopic (exact) mass is 313 g/mol. The fourth-order valence-corrected chi connectivity index (χ4v) is 2.30. The van der Waals surface area contributed by atoms with Crippen molar-refractivity contribution in [2.24, 2.45) is 0 Å². The van der Waals surface area contributed by atoms with E-state index in [-0.39, 0.29) is 22.8 Å². The van der Waals surface area contributed by atoms with Crippen molar-refractivity contribution >= 4 is 17.3 Å². The maximum atomic E-state index is 13.7. The van der Waals surface area contributed by atoms with Crippen molar-refractivity contribution in [1.29, 1.82) is 0 Å². The molecular weight excluding hydrogens is 301 g/mol. The van der Waals surface area contributed by atoms with Crippen molar-refractivity contribution in [2.45, 2.75) is 6.92 Å². The summed E-state index contributed by atoms with van der Waals surface area (Å²) in [6, 6.07) is 4.41. The molecule has 1 aliphatic carbocycles. The Morgan fingerprint density at radius 3 is 2.39 bits per heavy atom. The molecule has 0 unspecified atom stereocenters. The lowest BCUT2D eigenvalue weighted by molar-refractivity contribution is 0.0899. The lowest BCUT2D eigenvalue weighted by Gasteiger charge is -2.20. The summed E-state index contributed by atoms with van der Waals surface area (Å²) in [5, 5.41) is 2.79. The van der Waals surface area contributed by atoms with Gasteiger partial charge in [-0.15, -0.1) is 0 Å². The van der Waals surface area contributed by atoms with Gasteiger partial charge in [0.15, 0.2) is 5.76 Å². The van der Waals surface area contributed by atoms with E-state index in [0.29, 0.717) is 11.3 Å².